The highest BCUT2D eigenvalue weighted by atomic mass is 16.3. The molecular weight excluding hydrogens is 1420 g/mol. The Morgan fingerprint density at radius 2 is 0.513 bits per heavy atom. The lowest BCUT2D eigenvalue weighted by atomic mass is 9.83. The van der Waals surface area contributed by atoms with Crippen molar-refractivity contribution in [2.45, 2.75) is 0 Å². The second kappa shape index (κ2) is 27.8. The minimum Gasteiger partial charge on any atom is -0.456 e. The Labute approximate surface area is 689 Å². The maximum atomic E-state index is 9.05. The quantitative estimate of drug-likeness (QED) is 0.128. The molecule has 0 unspecified atom stereocenters. The van der Waals surface area contributed by atoms with Crippen molar-refractivity contribution in [2.75, 3.05) is 0 Å². The Morgan fingerprint density at radius 3 is 0.974 bits per heavy atom. The molecule has 0 radical (unpaired) electrons. The molecule has 0 N–H and O–H groups in total. The van der Waals surface area contributed by atoms with Gasteiger partial charge in [-0.2, -0.15) is 0 Å². The van der Waals surface area contributed by atoms with Gasteiger partial charge in [-0.3, -0.25) is 0 Å². The highest BCUT2D eigenvalue weighted by Crippen LogP contribution is 2.53. The van der Waals surface area contributed by atoms with Gasteiger partial charge in [0.25, 0.3) is 0 Å². The Kier molecular flexibility index (Phi) is 13.7. The van der Waals surface area contributed by atoms with Crippen molar-refractivity contribution in [1.82, 2.24) is 4.57 Å². The van der Waals surface area contributed by atoms with Crippen LogP contribution in [0.3, 0.4) is 0 Å². The standard InChI is InChI=1S/C60H37NO.C54H34O/c1-3-17-38(18-4-1)57-45-24-9-11-26-47(45)59(48-27-12-10-25-46(48)57)50-33-32-43(41-21-7-8-22-42(41)50)49-34-36-56-60(51-28-14-16-30-55(51)62-56)58(49)39-31-35-54-52(37-39)44-23-13-15-29-53(44)61(54)40-19-5-2-6-20-40;1-3-16-35(17-4-1)37-20-15-21-38(34-37)52-46(32-33-50-54(52)48-28-13-14-29-49(48)55-50)41-30-31-47(40-23-8-7-22-39(40)41)53-44-26-11-9-24-42(44)51(36-18-5-2-6-19-36)43-25-10-12-27-45(43)53/h1-37H;1-34H/i1D,3D,4D,17D,18D;2D,5D,6D,18D,19D. The average Bonchev–Trinajstić information content (AvgIpc) is 1.52. The van der Waals surface area contributed by atoms with Crippen LogP contribution in [0.25, 0.3) is 236 Å². The van der Waals surface area contributed by atoms with Gasteiger partial charge in [-0.15, -0.1) is 0 Å². The molecule has 0 amide bonds. The van der Waals surface area contributed by atoms with Gasteiger partial charge >= 0.3 is 0 Å². The van der Waals surface area contributed by atoms with Gasteiger partial charge in [0.05, 0.1) is 24.7 Å². The van der Waals surface area contributed by atoms with E-state index in [2.05, 4.69) is 271 Å². The molecule has 544 valence electrons. The van der Waals surface area contributed by atoms with E-state index < -0.39 is 12.1 Å². The second-order valence-corrected chi connectivity index (χ2v) is 29.9. The van der Waals surface area contributed by atoms with E-state index >= 15 is 0 Å². The van der Waals surface area contributed by atoms with E-state index in [0.29, 0.717) is 11.1 Å². The molecule has 21 aromatic carbocycles. The van der Waals surface area contributed by atoms with E-state index in [1.165, 1.54) is 10.8 Å². The minimum absolute atomic E-state index is 0.197. The molecule has 3 heterocycles. The van der Waals surface area contributed by atoms with Gasteiger partial charge in [0.2, 0.25) is 0 Å². The van der Waals surface area contributed by atoms with Crippen molar-refractivity contribution in [3.63, 3.8) is 0 Å². The molecule has 0 saturated heterocycles. The fourth-order valence-corrected chi connectivity index (χ4v) is 18.8. The van der Waals surface area contributed by atoms with E-state index in [4.69, 9.17) is 22.5 Å². The number of benzene rings is 21. The number of nitrogens with zero attached hydrogens (tertiary/aromatic N) is 1. The van der Waals surface area contributed by atoms with Crippen LogP contribution in [0.2, 0.25) is 0 Å². The number of hydrogen-bond donors (Lipinski definition) is 0. The summed E-state index contributed by atoms with van der Waals surface area (Å²) < 4.78 is 102. The summed E-state index contributed by atoms with van der Waals surface area (Å²) in [5.74, 6) is 0. The maximum absolute atomic E-state index is 9.05. The number of hydrogen-bond acceptors (Lipinski definition) is 2. The fourth-order valence-electron chi connectivity index (χ4n) is 18.8. The van der Waals surface area contributed by atoms with Gasteiger partial charge in [0.1, 0.15) is 22.3 Å². The number of aromatic nitrogens is 1. The molecular formula is C114H71NO2. The summed E-state index contributed by atoms with van der Waals surface area (Å²) in [4.78, 5) is 0. The molecule has 24 rings (SSSR count). The second-order valence-electron chi connectivity index (χ2n) is 29.9. The van der Waals surface area contributed by atoms with Crippen LogP contribution in [0.15, 0.2) is 439 Å². The van der Waals surface area contributed by atoms with E-state index in [1.807, 2.05) is 103 Å². The van der Waals surface area contributed by atoms with Crippen LogP contribution >= 0.6 is 0 Å². The van der Waals surface area contributed by atoms with Crippen LogP contribution in [-0.2, 0) is 0 Å². The summed E-state index contributed by atoms with van der Waals surface area (Å²) in [6.45, 7) is 0. The lowest BCUT2D eigenvalue weighted by molar-refractivity contribution is 0.668. The van der Waals surface area contributed by atoms with E-state index in [0.717, 1.165) is 203 Å². The Morgan fingerprint density at radius 1 is 0.179 bits per heavy atom. The summed E-state index contributed by atoms with van der Waals surface area (Å²) in [5.41, 5.74) is 23.5. The monoisotopic (exact) mass is 1500 g/mol. The zero-order valence-corrected chi connectivity index (χ0v) is 63.0. The first kappa shape index (κ1) is 57.6. The lowest BCUT2D eigenvalue weighted by Crippen LogP contribution is -1.94. The normalized spacial score (nSPS) is 13.0. The van der Waals surface area contributed by atoms with Crippen LogP contribution in [0.5, 0.6) is 0 Å². The summed E-state index contributed by atoms with van der Waals surface area (Å²) in [6.07, 6.45) is 0. The van der Waals surface area contributed by atoms with E-state index in [9.17, 15) is 0 Å². The summed E-state index contributed by atoms with van der Waals surface area (Å²) in [6, 6.07) is 126. The third-order valence-electron chi connectivity index (χ3n) is 23.7. The van der Waals surface area contributed by atoms with Crippen LogP contribution in [0.1, 0.15) is 13.7 Å². The molecule has 3 heteroatoms. The zero-order valence-electron chi connectivity index (χ0n) is 73.0. The molecule has 0 fully saturated rings. The first-order valence-electron chi connectivity index (χ1n) is 44.5. The van der Waals surface area contributed by atoms with Gasteiger partial charge in [-0.1, -0.05) is 358 Å². The van der Waals surface area contributed by atoms with Crippen molar-refractivity contribution >= 4 is 130 Å². The lowest BCUT2D eigenvalue weighted by Gasteiger charge is -2.20. The number of fused-ring (bicyclic) bond motifs is 15. The topological polar surface area (TPSA) is 31.2 Å². The summed E-state index contributed by atoms with van der Waals surface area (Å²) in [5, 5.41) is 17.9. The predicted molar refractivity (Wildman–Crippen MR) is 496 cm³/mol. The van der Waals surface area contributed by atoms with Crippen molar-refractivity contribution in [3.05, 3.63) is 430 Å². The number of rotatable bonds is 10. The van der Waals surface area contributed by atoms with Crippen molar-refractivity contribution in [3.8, 4) is 106 Å². The smallest absolute Gasteiger partial charge is 0.136 e. The van der Waals surface area contributed by atoms with E-state index in [1.54, 1.807) is 0 Å². The van der Waals surface area contributed by atoms with Crippen LogP contribution in [0, 0.1) is 0 Å². The first-order chi connectivity index (χ1) is 62.3. The molecule has 0 saturated carbocycles. The molecule has 24 aromatic rings. The Hall–Kier alpha value is -15.4. The largest absolute Gasteiger partial charge is 0.456 e. The Bertz CT molecular complexity index is 8620. The third-order valence-corrected chi connectivity index (χ3v) is 23.7. The molecule has 0 atom stereocenters. The van der Waals surface area contributed by atoms with E-state index in [-0.39, 0.29) is 59.5 Å². The molecule has 0 aliphatic carbocycles. The third kappa shape index (κ3) is 11.0. The molecule has 3 nitrogen and oxygen atoms in total. The maximum Gasteiger partial charge on any atom is 0.136 e. The van der Waals surface area contributed by atoms with Gasteiger partial charge in [0, 0.05) is 49.1 Å². The van der Waals surface area contributed by atoms with Gasteiger partial charge in [0.15, 0.2) is 0 Å². The van der Waals surface area contributed by atoms with Gasteiger partial charge in [-0.25, -0.2) is 0 Å². The molecule has 0 bridgehead atoms. The van der Waals surface area contributed by atoms with Crippen molar-refractivity contribution < 1.29 is 22.5 Å². The van der Waals surface area contributed by atoms with Crippen LogP contribution in [-0.4, -0.2) is 4.57 Å². The van der Waals surface area contributed by atoms with Gasteiger partial charge in [-0.05, 0) is 226 Å². The van der Waals surface area contributed by atoms with Crippen molar-refractivity contribution in [2.24, 2.45) is 0 Å². The number of furan rings is 2. The highest BCUT2D eigenvalue weighted by molar-refractivity contribution is 6.28. The minimum atomic E-state index is -0.407. The van der Waals surface area contributed by atoms with Crippen LogP contribution in [0.4, 0.5) is 0 Å². The molecule has 0 aliphatic heterocycles. The van der Waals surface area contributed by atoms with Crippen LogP contribution < -0.4 is 0 Å². The highest BCUT2D eigenvalue weighted by Gasteiger charge is 2.27. The SMILES string of the molecule is [2H]c1c([2H])c([2H])c(-c2c3ccccc3c(-c3ccc(-c4ccc5oc6ccccc6c5c4-c4ccc5c(c4)c4ccccc4n5-c4ccccc4)c4ccccc34)c3ccccc23)c([2H])c1[2H].[2H]c1c([2H])c([2H])c(-c2c3ccccc3c(-c3ccc(-c4ccc5oc6ccccc6c5c4-c4cccc(-c5ccccc5)c4)c4ccccc34)c3ccccc23)c([2H])c1[2H]. The molecule has 0 spiro atoms. The first-order valence-corrected chi connectivity index (χ1v) is 39.5. The molecule has 117 heavy (non-hydrogen) atoms. The number of para-hydroxylation sites is 4. The summed E-state index contributed by atoms with van der Waals surface area (Å²) in [7, 11) is 0. The average molecular weight is 1500 g/mol. The summed E-state index contributed by atoms with van der Waals surface area (Å²) >= 11 is 0. The molecule has 3 aromatic heterocycles. The predicted octanol–water partition coefficient (Wildman–Crippen LogP) is 32.2. The van der Waals surface area contributed by atoms with Crippen molar-refractivity contribution in [1.29, 1.82) is 0 Å². The molecule has 0 aliphatic rings. The van der Waals surface area contributed by atoms with Gasteiger partial charge < -0.3 is 13.4 Å². The fraction of sp³-hybridized carbons (Fsp3) is 0. The zero-order chi connectivity index (χ0) is 85.7. The Balaban J connectivity index is 0.000000147.